The van der Waals surface area contributed by atoms with Gasteiger partial charge in [-0.05, 0) is 37.1 Å². The number of benzene rings is 1. The average molecular weight is 276 g/mol. The molecule has 3 nitrogen and oxygen atoms in total. The van der Waals surface area contributed by atoms with E-state index in [1.165, 1.54) is 0 Å². The van der Waals surface area contributed by atoms with Gasteiger partial charge in [0.25, 0.3) is 0 Å². The minimum Gasteiger partial charge on any atom is -0.410 e. The van der Waals surface area contributed by atoms with Crippen LogP contribution in [0.3, 0.4) is 0 Å². The van der Waals surface area contributed by atoms with Crippen LogP contribution < -0.4 is 10.1 Å². The van der Waals surface area contributed by atoms with Crippen LogP contribution in [-0.4, -0.2) is 12.1 Å². The van der Waals surface area contributed by atoms with Crippen LogP contribution >= 0.6 is 23.2 Å². The molecule has 0 atom stereocenters. The van der Waals surface area contributed by atoms with Crippen LogP contribution in [0.1, 0.15) is 25.0 Å². The number of hydrogen-bond donors (Lipinski definition) is 1. The lowest BCUT2D eigenvalue weighted by Gasteiger charge is -2.10. The van der Waals surface area contributed by atoms with Crippen molar-refractivity contribution in [3.05, 3.63) is 29.3 Å². The smallest absolute Gasteiger partial charge is 0.410 e. The predicted octanol–water partition coefficient (Wildman–Crippen LogP) is 3.66. The van der Waals surface area contributed by atoms with Crippen LogP contribution in [0, 0.1) is 0 Å². The molecule has 0 aliphatic heterocycles. The molecule has 0 radical (unpaired) electrons. The molecule has 1 amide bonds. The van der Waals surface area contributed by atoms with E-state index in [9.17, 15) is 4.79 Å². The third kappa shape index (κ3) is 4.84. The molecule has 0 saturated heterocycles. The SMILES string of the molecule is CC(C)NC(=O)Oc1cc(CCl)cc(CCl)c1. The van der Waals surface area contributed by atoms with E-state index in [0.29, 0.717) is 17.5 Å². The Morgan fingerprint density at radius 3 is 2.18 bits per heavy atom. The summed E-state index contributed by atoms with van der Waals surface area (Å²) in [7, 11) is 0. The van der Waals surface area contributed by atoms with Gasteiger partial charge in [-0.15, -0.1) is 23.2 Å². The third-order valence-corrected chi connectivity index (χ3v) is 2.57. The molecule has 94 valence electrons. The lowest BCUT2D eigenvalue weighted by Crippen LogP contribution is -2.32. The topological polar surface area (TPSA) is 38.3 Å². The van der Waals surface area contributed by atoms with Gasteiger partial charge in [0.05, 0.1) is 0 Å². The monoisotopic (exact) mass is 275 g/mol. The Morgan fingerprint density at radius 2 is 1.76 bits per heavy atom. The molecule has 0 aromatic heterocycles. The molecule has 0 spiro atoms. The van der Waals surface area contributed by atoms with Gasteiger partial charge < -0.3 is 10.1 Å². The van der Waals surface area contributed by atoms with Crippen molar-refractivity contribution in [1.29, 1.82) is 0 Å². The van der Waals surface area contributed by atoms with Crippen molar-refractivity contribution >= 4 is 29.3 Å². The maximum atomic E-state index is 11.4. The molecule has 17 heavy (non-hydrogen) atoms. The normalized spacial score (nSPS) is 10.4. The summed E-state index contributed by atoms with van der Waals surface area (Å²) in [6.07, 6.45) is -0.479. The predicted molar refractivity (Wildman–Crippen MR) is 69.9 cm³/mol. The van der Waals surface area contributed by atoms with Gasteiger partial charge in [0.15, 0.2) is 0 Å². The second-order valence-electron chi connectivity index (χ2n) is 3.94. The molecule has 0 heterocycles. The first-order chi connectivity index (χ1) is 8.05. The molecule has 1 N–H and O–H groups in total. The quantitative estimate of drug-likeness (QED) is 0.852. The zero-order valence-corrected chi connectivity index (χ0v) is 11.3. The fraction of sp³-hybridized carbons (Fsp3) is 0.417. The van der Waals surface area contributed by atoms with Crippen molar-refractivity contribution in [2.45, 2.75) is 31.6 Å². The van der Waals surface area contributed by atoms with Gasteiger partial charge >= 0.3 is 6.09 Å². The fourth-order valence-corrected chi connectivity index (χ4v) is 1.62. The Labute approximate surface area is 111 Å². The van der Waals surface area contributed by atoms with E-state index in [4.69, 9.17) is 27.9 Å². The van der Waals surface area contributed by atoms with Crippen molar-refractivity contribution in [3.63, 3.8) is 0 Å². The molecule has 0 fully saturated rings. The fourth-order valence-electron chi connectivity index (χ4n) is 1.31. The molecular formula is C12H15Cl2NO2. The highest BCUT2D eigenvalue weighted by molar-refractivity contribution is 6.17. The maximum Gasteiger partial charge on any atom is 0.412 e. The molecule has 0 unspecified atom stereocenters. The highest BCUT2D eigenvalue weighted by Gasteiger charge is 2.07. The highest BCUT2D eigenvalue weighted by atomic mass is 35.5. The standard InChI is InChI=1S/C12H15Cl2NO2/c1-8(2)15-12(16)17-11-4-9(6-13)3-10(5-11)7-14/h3-5,8H,6-7H2,1-2H3,(H,15,16). The Morgan fingerprint density at radius 1 is 1.24 bits per heavy atom. The van der Waals surface area contributed by atoms with Crippen molar-refractivity contribution in [1.82, 2.24) is 5.32 Å². The second kappa shape index (κ2) is 6.72. The minimum atomic E-state index is -0.479. The summed E-state index contributed by atoms with van der Waals surface area (Å²) in [5.74, 6) is 1.16. The van der Waals surface area contributed by atoms with Gasteiger partial charge in [-0.3, -0.25) is 0 Å². The van der Waals surface area contributed by atoms with Crippen LogP contribution in [0.25, 0.3) is 0 Å². The number of halogens is 2. The van der Waals surface area contributed by atoms with Crippen molar-refractivity contribution < 1.29 is 9.53 Å². The molecule has 1 aromatic rings. The zero-order chi connectivity index (χ0) is 12.8. The zero-order valence-electron chi connectivity index (χ0n) is 9.80. The summed E-state index contributed by atoms with van der Waals surface area (Å²) in [4.78, 5) is 11.4. The summed E-state index contributed by atoms with van der Waals surface area (Å²) < 4.78 is 5.14. The van der Waals surface area contributed by atoms with Gasteiger partial charge in [-0.2, -0.15) is 0 Å². The van der Waals surface area contributed by atoms with E-state index < -0.39 is 6.09 Å². The van der Waals surface area contributed by atoms with Crippen molar-refractivity contribution in [2.75, 3.05) is 0 Å². The molecule has 5 heteroatoms. The molecule has 0 saturated carbocycles. The van der Waals surface area contributed by atoms with Gasteiger partial charge in [0.1, 0.15) is 5.75 Å². The Balaban J connectivity index is 2.79. The second-order valence-corrected chi connectivity index (χ2v) is 4.48. The van der Waals surface area contributed by atoms with Gasteiger partial charge in [-0.25, -0.2) is 4.79 Å². The summed E-state index contributed by atoms with van der Waals surface area (Å²) >= 11 is 11.5. The summed E-state index contributed by atoms with van der Waals surface area (Å²) in [5.41, 5.74) is 1.74. The minimum absolute atomic E-state index is 0.0335. The van der Waals surface area contributed by atoms with Gasteiger partial charge in [-0.1, -0.05) is 6.07 Å². The number of nitrogens with one attached hydrogen (secondary N) is 1. The molecule has 0 bridgehead atoms. The van der Waals surface area contributed by atoms with Gasteiger partial charge in [0, 0.05) is 17.8 Å². The first-order valence-corrected chi connectivity index (χ1v) is 6.35. The number of alkyl halides is 2. The molecule has 1 aromatic carbocycles. The van der Waals surface area contributed by atoms with E-state index in [2.05, 4.69) is 5.32 Å². The van der Waals surface area contributed by atoms with Gasteiger partial charge in [0.2, 0.25) is 0 Å². The van der Waals surface area contributed by atoms with Crippen LogP contribution in [0.15, 0.2) is 18.2 Å². The Hall–Kier alpha value is -0.930. The van der Waals surface area contributed by atoms with Crippen molar-refractivity contribution in [2.24, 2.45) is 0 Å². The number of ether oxygens (including phenoxy) is 1. The van der Waals surface area contributed by atoms with E-state index in [0.717, 1.165) is 11.1 Å². The number of carbonyl (C=O) groups excluding carboxylic acids is 1. The molecule has 0 aliphatic carbocycles. The van der Waals surface area contributed by atoms with E-state index in [1.807, 2.05) is 19.9 Å². The maximum absolute atomic E-state index is 11.4. The number of amides is 1. The summed E-state index contributed by atoms with van der Waals surface area (Å²) in [6.45, 7) is 3.72. The summed E-state index contributed by atoms with van der Waals surface area (Å²) in [6, 6.07) is 5.37. The average Bonchev–Trinajstić information content (AvgIpc) is 2.27. The molecular weight excluding hydrogens is 261 g/mol. The Bertz CT molecular complexity index is 372. The van der Waals surface area contributed by atoms with E-state index in [1.54, 1.807) is 12.1 Å². The lowest BCUT2D eigenvalue weighted by molar-refractivity contribution is 0.197. The van der Waals surface area contributed by atoms with Crippen molar-refractivity contribution in [3.8, 4) is 5.75 Å². The lowest BCUT2D eigenvalue weighted by atomic mass is 10.1. The first-order valence-electron chi connectivity index (χ1n) is 5.28. The van der Waals surface area contributed by atoms with Crippen LogP contribution in [0.5, 0.6) is 5.75 Å². The third-order valence-electron chi connectivity index (χ3n) is 1.95. The summed E-state index contributed by atoms with van der Waals surface area (Å²) in [5, 5.41) is 2.64. The molecule has 1 rings (SSSR count). The first kappa shape index (κ1) is 14.1. The van der Waals surface area contributed by atoms with Crippen LogP contribution in [0.4, 0.5) is 4.79 Å². The molecule has 0 aliphatic rings. The largest absolute Gasteiger partial charge is 0.412 e. The van der Waals surface area contributed by atoms with E-state index >= 15 is 0 Å². The van der Waals surface area contributed by atoms with E-state index in [-0.39, 0.29) is 6.04 Å². The highest BCUT2D eigenvalue weighted by Crippen LogP contribution is 2.20. The number of carbonyl (C=O) groups is 1. The number of hydrogen-bond acceptors (Lipinski definition) is 2. The van der Waals surface area contributed by atoms with Crippen LogP contribution in [-0.2, 0) is 11.8 Å². The number of rotatable bonds is 4. The van der Waals surface area contributed by atoms with Crippen LogP contribution in [0.2, 0.25) is 0 Å². The Kier molecular flexibility index (Phi) is 5.59.